The molecule has 0 aromatic heterocycles. The highest BCUT2D eigenvalue weighted by Gasteiger charge is 2.55. The van der Waals surface area contributed by atoms with Gasteiger partial charge in [0.25, 0.3) is 0 Å². The van der Waals surface area contributed by atoms with Crippen LogP contribution in [0.5, 0.6) is 0 Å². The van der Waals surface area contributed by atoms with Crippen LogP contribution in [0.2, 0.25) is 0 Å². The van der Waals surface area contributed by atoms with Gasteiger partial charge in [-0.2, -0.15) is 38.1 Å². The van der Waals surface area contributed by atoms with Gasteiger partial charge in [-0.3, -0.25) is 4.79 Å². The number of alkyl halides is 6. The van der Waals surface area contributed by atoms with E-state index in [-0.39, 0.29) is 24.2 Å². The van der Waals surface area contributed by atoms with Crippen molar-refractivity contribution < 1.29 is 36.2 Å². The Morgan fingerprint density at radius 1 is 1.00 bits per heavy atom. The molecular weight excluding hydrogens is 446 g/mol. The first-order valence-corrected chi connectivity index (χ1v) is 10.3. The van der Waals surface area contributed by atoms with E-state index in [9.17, 15) is 36.2 Å². The molecule has 0 saturated heterocycles. The van der Waals surface area contributed by atoms with Crippen LogP contribution in [-0.4, -0.2) is 35.7 Å². The Balaban J connectivity index is 2.15. The van der Waals surface area contributed by atoms with Crippen LogP contribution in [0.15, 0.2) is 48.5 Å². The molecule has 1 amide bonds. The van der Waals surface area contributed by atoms with Crippen LogP contribution >= 0.6 is 11.8 Å². The van der Waals surface area contributed by atoms with Gasteiger partial charge >= 0.3 is 12.4 Å². The van der Waals surface area contributed by atoms with E-state index in [1.807, 2.05) is 0 Å². The lowest BCUT2D eigenvalue weighted by Gasteiger charge is -2.32. The van der Waals surface area contributed by atoms with Gasteiger partial charge in [0, 0.05) is 12.2 Å². The Bertz CT molecular complexity index is 886. The molecule has 0 aliphatic heterocycles. The van der Waals surface area contributed by atoms with Crippen molar-refractivity contribution in [1.82, 2.24) is 5.32 Å². The van der Waals surface area contributed by atoms with Gasteiger partial charge in [0.2, 0.25) is 11.5 Å². The SMILES string of the molecule is CSCC(=O)NCc1ccc(NC[C@](O)(c2cccc(C(F)(F)F)c2)C(F)(F)F)cc1. The maximum atomic E-state index is 13.6. The number of rotatable bonds is 8. The molecule has 11 heteroatoms. The Hall–Kier alpha value is -2.40. The van der Waals surface area contributed by atoms with Crippen molar-refractivity contribution >= 4 is 23.4 Å². The number of thioether (sulfide) groups is 1. The number of anilines is 1. The van der Waals surface area contributed by atoms with Crippen molar-refractivity contribution in [2.75, 3.05) is 23.9 Å². The average Bonchev–Trinajstić information content (AvgIpc) is 2.70. The molecule has 3 N–H and O–H groups in total. The quantitative estimate of drug-likeness (QED) is 0.500. The largest absolute Gasteiger partial charge is 0.423 e. The number of nitrogens with one attached hydrogen (secondary N) is 2. The molecule has 1 atom stereocenters. The molecule has 0 heterocycles. The summed E-state index contributed by atoms with van der Waals surface area (Å²) >= 11 is 1.36. The van der Waals surface area contributed by atoms with E-state index < -0.39 is 35.6 Å². The second-order valence-corrected chi connectivity index (χ2v) is 7.56. The van der Waals surface area contributed by atoms with Crippen LogP contribution in [0.3, 0.4) is 0 Å². The lowest BCUT2D eigenvalue weighted by atomic mass is 9.91. The van der Waals surface area contributed by atoms with E-state index in [0.717, 1.165) is 12.1 Å². The lowest BCUT2D eigenvalue weighted by molar-refractivity contribution is -0.260. The van der Waals surface area contributed by atoms with Crippen LogP contribution in [0.4, 0.5) is 32.0 Å². The minimum atomic E-state index is -5.23. The van der Waals surface area contributed by atoms with E-state index in [2.05, 4.69) is 10.6 Å². The smallest absolute Gasteiger partial charge is 0.381 e. The van der Waals surface area contributed by atoms with Gasteiger partial charge in [-0.15, -0.1) is 0 Å². The third kappa shape index (κ3) is 6.54. The highest BCUT2D eigenvalue weighted by atomic mass is 32.2. The summed E-state index contributed by atoms with van der Waals surface area (Å²) < 4.78 is 79.5. The maximum absolute atomic E-state index is 13.6. The highest BCUT2D eigenvalue weighted by Crippen LogP contribution is 2.41. The van der Waals surface area contributed by atoms with Gasteiger partial charge in [-0.05, 0) is 41.6 Å². The Morgan fingerprint density at radius 3 is 2.16 bits per heavy atom. The van der Waals surface area contributed by atoms with Crippen molar-refractivity contribution in [2.24, 2.45) is 0 Å². The molecule has 0 fully saturated rings. The average molecular weight is 466 g/mol. The predicted octanol–water partition coefficient (Wildman–Crippen LogP) is 4.55. The molecule has 0 bridgehead atoms. The van der Waals surface area contributed by atoms with E-state index in [4.69, 9.17) is 0 Å². The molecule has 0 spiro atoms. The monoisotopic (exact) mass is 466 g/mol. The first-order chi connectivity index (χ1) is 14.4. The number of benzene rings is 2. The van der Waals surface area contributed by atoms with Gasteiger partial charge < -0.3 is 15.7 Å². The van der Waals surface area contributed by atoms with Crippen molar-refractivity contribution in [3.05, 3.63) is 65.2 Å². The van der Waals surface area contributed by atoms with E-state index in [0.29, 0.717) is 17.4 Å². The van der Waals surface area contributed by atoms with Crippen LogP contribution in [0, 0.1) is 0 Å². The summed E-state index contributed by atoms with van der Waals surface area (Å²) in [6, 6.07) is 8.55. The van der Waals surface area contributed by atoms with Gasteiger partial charge in [-0.1, -0.05) is 24.3 Å². The predicted molar refractivity (Wildman–Crippen MR) is 107 cm³/mol. The Morgan fingerprint density at radius 2 is 1.61 bits per heavy atom. The van der Waals surface area contributed by atoms with Crippen molar-refractivity contribution in [3.63, 3.8) is 0 Å². The van der Waals surface area contributed by atoms with Crippen molar-refractivity contribution in [3.8, 4) is 0 Å². The zero-order valence-electron chi connectivity index (χ0n) is 16.3. The van der Waals surface area contributed by atoms with E-state index >= 15 is 0 Å². The fourth-order valence-electron chi connectivity index (χ4n) is 2.67. The van der Waals surface area contributed by atoms with Gasteiger partial charge in [0.05, 0.1) is 17.9 Å². The molecule has 170 valence electrons. The van der Waals surface area contributed by atoms with Crippen molar-refractivity contribution in [1.29, 1.82) is 0 Å². The van der Waals surface area contributed by atoms with Crippen LogP contribution in [-0.2, 0) is 23.1 Å². The Kier molecular flexibility index (Phi) is 7.87. The van der Waals surface area contributed by atoms with E-state index in [1.54, 1.807) is 18.4 Å². The fraction of sp³-hybridized carbons (Fsp3) is 0.350. The van der Waals surface area contributed by atoms with Crippen LogP contribution in [0.25, 0.3) is 0 Å². The number of hydrogen-bond donors (Lipinski definition) is 3. The molecule has 4 nitrogen and oxygen atoms in total. The zero-order chi connectivity index (χ0) is 23.3. The second-order valence-electron chi connectivity index (χ2n) is 6.70. The van der Waals surface area contributed by atoms with Gasteiger partial charge in [0.15, 0.2) is 0 Å². The summed E-state index contributed by atoms with van der Waals surface area (Å²) in [7, 11) is 0. The highest BCUT2D eigenvalue weighted by molar-refractivity contribution is 7.99. The number of halogens is 6. The van der Waals surface area contributed by atoms with E-state index in [1.165, 1.54) is 23.9 Å². The van der Waals surface area contributed by atoms with Gasteiger partial charge in [0.1, 0.15) is 0 Å². The fourth-order valence-corrected chi connectivity index (χ4v) is 3.04. The normalized spacial score (nSPS) is 14.1. The molecule has 2 rings (SSSR count). The molecule has 2 aromatic carbocycles. The van der Waals surface area contributed by atoms with Crippen LogP contribution < -0.4 is 10.6 Å². The minimum Gasteiger partial charge on any atom is -0.381 e. The molecule has 0 aliphatic rings. The molecule has 0 radical (unpaired) electrons. The van der Waals surface area contributed by atoms with Crippen molar-refractivity contribution in [2.45, 2.75) is 24.5 Å². The summed E-state index contributed by atoms with van der Waals surface area (Å²) in [4.78, 5) is 11.5. The first kappa shape index (κ1) is 24.9. The molecule has 31 heavy (non-hydrogen) atoms. The standard InChI is InChI=1S/C20H20F6N2O2S/c1-31-11-17(29)27-10-13-5-7-16(8-6-13)28-12-18(30,20(24,25)26)14-3-2-4-15(9-14)19(21,22)23/h2-9,28,30H,10-12H2,1H3,(H,27,29)/t18-/m0/s1. The molecular formula is C20H20F6N2O2S. The first-order valence-electron chi connectivity index (χ1n) is 8.92. The van der Waals surface area contributed by atoms with Gasteiger partial charge in [-0.25, -0.2) is 0 Å². The Labute approximate surface area is 179 Å². The second kappa shape index (κ2) is 9.82. The zero-order valence-corrected chi connectivity index (χ0v) is 17.1. The summed E-state index contributed by atoms with van der Waals surface area (Å²) in [5, 5.41) is 15.4. The summed E-state index contributed by atoms with van der Waals surface area (Å²) in [6.45, 7) is -0.863. The number of carbonyl (C=O) groups is 1. The topological polar surface area (TPSA) is 61.4 Å². The number of aliphatic hydroxyl groups is 1. The minimum absolute atomic E-state index is 0.161. The maximum Gasteiger partial charge on any atom is 0.423 e. The molecule has 2 aromatic rings. The number of carbonyl (C=O) groups excluding carboxylic acids is 1. The summed E-state index contributed by atoms with van der Waals surface area (Å²) in [5.41, 5.74) is -4.84. The molecule has 0 saturated carbocycles. The third-order valence-corrected chi connectivity index (χ3v) is 4.95. The third-order valence-electron chi connectivity index (χ3n) is 4.40. The lowest BCUT2D eigenvalue weighted by Crippen LogP contribution is -2.47. The number of hydrogen-bond acceptors (Lipinski definition) is 4. The summed E-state index contributed by atoms with van der Waals surface area (Å²) in [5.74, 6) is 0.136. The van der Waals surface area contributed by atoms with Crippen LogP contribution in [0.1, 0.15) is 16.7 Å². The molecule has 0 aliphatic carbocycles. The summed E-state index contributed by atoms with van der Waals surface area (Å²) in [6.07, 6.45) is -8.30. The number of amides is 1. The molecule has 0 unspecified atom stereocenters.